The first-order chi connectivity index (χ1) is 9.97. The van der Waals surface area contributed by atoms with Gasteiger partial charge < -0.3 is 10.2 Å². The summed E-state index contributed by atoms with van der Waals surface area (Å²) >= 11 is 6.04. The van der Waals surface area contributed by atoms with Gasteiger partial charge in [-0.15, -0.1) is 0 Å². The van der Waals surface area contributed by atoms with E-state index in [0.29, 0.717) is 17.5 Å². The standard InChI is InChI=1S/C17H25ClN2O/c1-12(2)20(11-14-5-4-6-15(18)10-14)17(21)16-9-13(3)7-8-19-16/h4-6,10,12-13,16,19H,7-9,11H2,1-3H3. The highest BCUT2D eigenvalue weighted by Crippen LogP contribution is 2.20. The summed E-state index contributed by atoms with van der Waals surface area (Å²) in [5, 5.41) is 4.08. The van der Waals surface area contributed by atoms with Gasteiger partial charge in [-0.05, 0) is 56.8 Å². The lowest BCUT2D eigenvalue weighted by molar-refractivity contribution is -0.136. The van der Waals surface area contributed by atoms with Gasteiger partial charge >= 0.3 is 0 Å². The Balaban J connectivity index is 2.09. The summed E-state index contributed by atoms with van der Waals surface area (Å²) in [6.07, 6.45) is 2.08. The highest BCUT2D eigenvalue weighted by molar-refractivity contribution is 6.30. The van der Waals surface area contributed by atoms with Crippen molar-refractivity contribution in [3.8, 4) is 0 Å². The highest BCUT2D eigenvalue weighted by atomic mass is 35.5. The third kappa shape index (κ3) is 4.45. The van der Waals surface area contributed by atoms with E-state index < -0.39 is 0 Å². The molecule has 1 saturated heterocycles. The monoisotopic (exact) mass is 308 g/mol. The first kappa shape index (κ1) is 16.3. The van der Waals surface area contributed by atoms with Crippen molar-refractivity contribution in [3.05, 3.63) is 34.9 Å². The van der Waals surface area contributed by atoms with Crippen LogP contribution in [0.3, 0.4) is 0 Å². The summed E-state index contributed by atoms with van der Waals surface area (Å²) in [4.78, 5) is 14.8. The first-order valence-electron chi connectivity index (χ1n) is 7.75. The van der Waals surface area contributed by atoms with Gasteiger partial charge in [-0.25, -0.2) is 0 Å². The molecule has 4 heteroatoms. The molecule has 1 aromatic rings. The fourth-order valence-corrected chi connectivity index (χ4v) is 3.06. The van der Waals surface area contributed by atoms with E-state index in [9.17, 15) is 4.79 Å². The molecule has 1 heterocycles. The van der Waals surface area contributed by atoms with Crippen molar-refractivity contribution in [3.63, 3.8) is 0 Å². The van der Waals surface area contributed by atoms with Gasteiger partial charge in [-0.3, -0.25) is 4.79 Å². The summed E-state index contributed by atoms with van der Waals surface area (Å²) in [6.45, 7) is 7.89. The Morgan fingerprint density at radius 3 is 2.86 bits per heavy atom. The van der Waals surface area contributed by atoms with Crippen molar-refractivity contribution in [1.82, 2.24) is 10.2 Å². The van der Waals surface area contributed by atoms with Gasteiger partial charge in [-0.1, -0.05) is 30.7 Å². The molecule has 0 bridgehead atoms. The molecule has 0 spiro atoms. The maximum Gasteiger partial charge on any atom is 0.240 e. The summed E-state index contributed by atoms with van der Waals surface area (Å²) in [7, 11) is 0. The highest BCUT2D eigenvalue weighted by Gasteiger charge is 2.29. The molecule has 0 radical (unpaired) electrons. The van der Waals surface area contributed by atoms with Gasteiger partial charge in [0.1, 0.15) is 0 Å². The van der Waals surface area contributed by atoms with Crippen LogP contribution in [-0.4, -0.2) is 29.4 Å². The topological polar surface area (TPSA) is 32.3 Å². The number of nitrogens with one attached hydrogen (secondary N) is 1. The summed E-state index contributed by atoms with van der Waals surface area (Å²) in [5.74, 6) is 0.817. The maximum atomic E-state index is 12.8. The van der Waals surface area contributed by atoms with Gasteiger partial charge in [0, 0.05) is 17.6 Å². The Labute approximate surface area is 132 Å². The maximum absolute atomic E-state index is 12.8. The molecule has 1 aliphatic heterocycles. The minimum atomic E-state index is -0.0460. The predicted molar refractivity (Wildman–Crippen MR) is 87.3 cm³/mol. The van der Waals surface area contributed by atoms with Crippen molar-refractivity contribution in [2.24, 2.45) is 5.92 Å². The van der Waals surface area contributed by atoms with Gasteiger partial charge in [0.15, 0.2) is 0 Å². The Kier molecular flexibility index (Phi) is 5.65. The average Bonchev–Trinajstić information content (AvgIpc) is 2.44. The van der Waals surface area contributed by atoms with E-state index in [4.69, 9.17) is 11.6 Å². The lowest BCUT2D eigenvalue weighted by Crippen LogP contribution is -2.51. The molecule has 1 aliphatic rings. The third-order valence-electron chi connectivity index (χ3n) is 4.11. The van der Waals surface area contributed by atoms with Crippen LogP contribution in [0.25, 0.3) is 0 Å². The number of carbonyl (C=O) groups excluding carboxylic acids is 1. The zero-order chi connectivity index (χ0) is 15.4. The molecule has 1 N–H and O–H groups in total. The third-order valence-corrected chi connectivity index (χ3v) is 4.35. The Morgan fingerprint density at radius 1 is 1.48 bits per heavy atom. The molecule has 21 heavy (non-hydrogen) atoms. The van der Waals surface area contributed by atoms with Crippen molar-refractivity contribution >= 4 is 17.5 Å². The van der Waals surface area contributed by atoms with Crippen LogP contribution in [0.2, 0.25) is 5.02 Å². The van der Waals surface area contributed by atoms with Crippen molar-refractivity contribution < 1.29 is 4.79 Å². The number of rotatable bonds is 4. The summed E-state index contributed by atoms with van der Waals surface area (Å²) in [6, 6.07) is 7.87. The molecule has 2 rings (SSSR count). The molecule has 0 saturated carbocycles. The van der Waals surface area contributed by atoms with E-state index in [2.05, 4.69) is 26.1 Å². The fourth-order valence-electron chi connectivity index (χ4n) is 2.84. The van der Waals surface area contributed by atoms with Crippen LogP contribution in [-0.2, 0) is 11.3 Å². The molecular weight excluding hydrogens is 284 g/mol. The second kappa shape index (κ2) is 7.28. The van der Waals surface area contributed by atoms with Crippen LogP contribution in [0, 0.1) is 5.92 Å². The number of amides is 1. The minimum Gasteiger partial charge on any atom is -0.335 e. The van der Waals surface area contributed by atoms with Crippen molar-refractivity contribution in [1.29, 1.82) is 0 Å². The van der Waals surface area contributed by atoms with Gasteiger partial charge in [0.25, 0.3) is 0 Å². The Morgan fingerprint density at radius 2 is 2.24 bits per heavy atom. The molecule has 0 aliphatic carbocycles. The van der Waals surface area contributed by atoms with Crippen LogP contribution in [0.15, 0.2) is 24.3 Å². The first-order valence-corrected chi connectivity index (χ1v) is 8.13. The van der Waals surface area contributed by atoms with E-state index in [1.807, 2.05) is 29.2 Å². The van der Waals surface area contributed by atoms with Crippen LogP contribution >= 0.6 is 11.6 Å². The molecule has 1 aromatic carbocycles. The quantitative estimate of drug-likeness (QED) is 0.924. The molecule has 2 unspecified atom stereocenters. The molecule has 116 valence electrons. The SMILES string of the molecule is CC1CCNC(C(=O)N(Cc2cccc(Cl)c2)C(C)C)C1. The van der Waals surface area contributed by atoms with E-state index in [1.54, 1.807) is 0 Å². The zero-order valence-electron chi connectivity index (χ0n) is 13.1. The largest absolute Gasteiger partial charge is 0.335 e. The van der Waals surface area contributed by atoms with Crippen molar-refractivity contribution in [2.75, 3.05) is 6.54 Å². The number of hydrogen-bond acceptors (Lipinski definition) is 2. The van der Waals surface area contributed by atoms with E-state index >= 15 is 0 Å². The Hall–Kier alpha value is -1.06. The van der Waals surface area contributed by atoms with E-state index in [0.717, 1.165) is 24.9 Å². The number of carbonyl (C=O) groups is 1. The van der Waals surface area contributed by atoms with Gasteiger partial charge in [0.05, 0.1) is 6.04 Å². The number of hydrogen-bond donors (Lipinski definition) is 1. The predicted octanol–water partition coefficient (Wildman–Crippen LogP) is 3.47. The average molecular weight is 309 g/mol. The van der Waals surface area contributed by atoms with Gasteiger partial charge in [-0.2, -0.15) is 0 Å². The molecule has 1 amide bonds. The minimum absolute atomic E-state index is 0.0460. The molecular formula is C17H25ClN2O. The number of piperidine rings is 1. The Bertz CT molecular complexity index is 489. The number of benzene rings is 1. The second-order valence-corrected chi connectivity index (χ2v) is 6.76. The number of halogens is 1. The van der Waals surface area contributed by atoms with Crippen LogP contribution in [0.1, 0.15) is 39.2 Å². The molecule has 2 atom stereocenters. The van der Waals surface area contributed by atoms with Gasteiger partial charge in [0.2, 0.25) is 5.91 Å². The lowest BCUT2D eigenvalue weighted by Gasteiger charge is -2.34. The summed E-state index contributed by atoms with van der Waals surface area (Å²) in [5.41, 5.74) is 1.08. The summed E-state index contributed by atoms with van der Waals surface area (Å²) < 4.78 is 0. The normalized spacial score (nSPS) is 22.3. The van der Waals surface area contributed by atoms with E-state index in [1.165, 1.54) is 0 Å². The van der Waals surface area contributed by atoms with Crippen molar-refractivity contribution in [2.45, 2.75) is 52.2 Å². The molecule has 0 aromatic heterocycles. The second-order valence-electron chi connectivity index (χ2n) is 6.33. The van der Waals surface area contributed by atoms with Crippen LogP contribution < -0.4 is 5.32 Å². The van der Waals surface area contributed by atoms with E-state index in [-0.39, 0.29) is 18.0 Å². The lowest BCUT2D eigenvalue weighted by atomic mass is 9.93. The molecule has 3 nitrogen and oxygen atoms in total. The van der Waals surface area contributed by atoms with Crippen LogP contribution in [0.5, 0.6) is 0 Å². The molecule has 1 fully saturated rings. The number of nitrogens with zero attached hydrogens (tertiary/aromatic N) is 1. The zero-order valence-corrected chi connectivity index (χ0v) is 13.9. The van der Waals surface area contributed by atoms with Crippen LogP contribution in [0.4, 0.5) is 0 Å². The fraction of sp³-hybridized carbons (Fsp3) is 0.588. The smallest absolute Gasteiger partial charge is 0.240 e.